The summed E-state index contributed by atoms with van der Waals surface area (Å²) in [5.74, 6) is 0.660. The van der Waals surface area contributed by atoms with E-state index in [1.807, 2.05) is 22.6 Å². The molecule has 2 aromatic heterocycles. The molecule has 0 radical (unpaired) electrons. The molecule has 1 spiro atoms. The van der Waals surface area contributed by atoms with Crippen molar-refractivity contribution in [2.24, 2.45) is 0 Å². The number of anilines is 1. The highest BCUT2D eigenvalue weighted by atomic mass is 16.2. The highest BCUT2D eigenvalue weighted by Crippen LogP contribution is 2.36. The molecule has 0 bridgehead atoms. The van der Waals surface area contributed by atoms with Gasteiger partial charge in [-0.15, -0.1) is 0 Å². The number of hydrogen-bond acceptors (Lipinski definition) is 5. The van der Waals surface area contributed by atoms with Gasteiger partial charge in [-0.3, -0.25) is 14.3 Å². The van der Waals surface area contributed by atoms with Crippen molar-refractivity contribution < 1.29 is 9.59 Å². The Morgan fingerprint density at radius 2 is 2.03 bits per heavy atom. The second kappa shape index (κ2) is 7.50. The fourth-order valence-corrected chi connectivity index (χ4v) is 4.53. The van der Waals surface area contributed by atoms with Gasteiger partial charge in [0, 0.05) is 50.9 Å². The molecule has 2 amide bonds. The van der Waals surface area contributed by atoms with Gasteiger partial charge in [0.25, 0.3) is 11.8 Å². The van der Waals surface area contributed by atoms with E-state index in [0.717, 1.165) is 31.0 Å². The van der Waals surface area contributed by atoms with Crippen LogP contribution in [0.5, 0.6) is 0 Å². The van der Waals surface area contributed by atoms with Crippen molar-refractivity contribution in [1.82, 2.24) is 25.0 Å². The standard InChI is InChI=1S/C21H28N6O2/c1-4-11-27-15(3)17(14-23-27)20(29)25-12-8-21(9-13-25)24-19(28)16-7-6-10-22-18(16)26(21)5-2/h6-7,10,14H,4-5,8-9,11-13H2,1-3H3,(H,24,28). The number of nitrogens with zero attached hydrogens (tertiary/aromatic N) is 5. The average Bonchev–Trinajstić information content (AvgIpc) is 3.09. The number of nitrogens with one attached hydrogen (secondary N) is 1. The maximum atomic E-state index is 13.1. The number of hydrogen-bond donors (Lipinski definition) is 1. The van der Waals surface area contributed by atoms with Crippen LogP contribution in [0.3, 0.4) is 0 Å². The van der Waals surface area contributed by atoms with Crippen LogP contribution < -0.4 is 10.2 Å². The lowest BCUT2D eigenvalue weighted by Gasteiger charge is -2.51. The lowest BCUT2D eigenvalue weighted by Crippen LogP contribution is -2.68. The van der Waals surface area contributed by atoms with Crippen LogP contribution in [0.25, 0.3) is 0 Å². The second-order valence-corrected chi connectivity index (χ2v) is 7.76. The molecule has 1 N–H and O–H groups in total. The molecule has 8 heteroatoms. The number of aryl methyl sites for hydroxylation is 1. The lowest BCUT2D eigenvalue weighted by molar-refractivity contribution is 0.0601. The number of fused-ring (bicyclic) bond motifs is 1. The summed E-state index contributed by atoms with van der Waals surface area (Å²) in [7, 11) is 0. The van der Waals surface area contributed by atoms with Gasteiger partial charge in [-0.1, -0.05) is 6.92 Å². The molecular formula is C21H28N6O2. The number of carbonyl (C=O) groups is 2. The monoisotopic (exact) mass is 396 g/mol. The number of aromatic nitrogens is 3. The maximum absolute atomic E-state index is 13.1. The van der Waals surface area contributed by atoms with Crippen molar-refractivity contribution in [1.29, 1.82) is 0 Å². The van der Waals surface area contributed by atoms with E-state index in [1.54, 1.807) is 18.5 Å². The summed E-state index contributed by atoms with van der Waals surface area (Å²) >= 11 is 0. The minimum atomic E-state index is -0.495. The summed E-state index contributed by atoms with van der Waals surface area (Å²) in [4.78, 5) is 34.3. The number of rotatable bonds is 4. The van der Waals surface area contributed by atoms with Gasteiger partial charge >= 0.3 is 0 Å². The fraction of sp³-hybridized carbons (Fsp3) is 0.524. The average molecular weight is 396 g/mol. The Bertz CT molecular complexity index is 929. The largest absolute Gasteiger partial charge is 0.338 e. The van der Waals surface area contributed by atoms with E-state index >= 15 is 0 Å². The van der Waals surface area contributed by atoms with Crippen LogP contribution in [0.15, 0.2) is 24.5 Å². The van der Waals surface area contributed by atoms with Gasteiger partial charge in [-0.2, -0.15) is 5.10 Å². The first-order valence-electron chi connectivity index (χ1n) is 10.4. The van der Waals surface area contributed by atoms with Crippen LogP contribution in [0.2, 0.25) is 0 Å². The molecule has 0 aliphatic carbocycles. The Hall–Kier alpha value is -2.90. The minimum absolute atomic E-state index is 0.0170. The molecule has 4 heterocycles. The molecule has 2 aliphatic rings. The molecule has 29 heavy (non-hydrogen) atoms. The van der Waals surface area contributed by atoms with Crippen LogP contribution in [-0.2, 0) is 6.54 Å². The summed E-state index contributed by atoms with van der Waals surface area (Å²) in [6.07, 6.45) is 5.71. The Balaban J connectivity index is 1.53. The molecule has 0 unspecified atom stereocenters. The molecule has 1 fully saturated rings. The SMILES string of the molecule is CCCn1ncc(C(=O)N2CCC3(CC2)NC(=O)c2cccnc2N3CC)c1C. The Kier molecular flexibility index (Phi) is 5.02. The number of likely N-dealkylation sites (tertiary alicyclic amines) is 1. The number of pyridine rings is 1. The predicted molar refractivity (Wildman–Crippen MR) is 110 cm³/mol. The molecule has 4 rings (SSSR count). The Morgan fingerprint density at radius 3 is 2.72 bits per heavy atom. The van der Waals surface area contributed by atoms with Gasteiger partial charge < -0.3 is 15.1 Å². The molecule has 2 aliphatic heterocycles. The first-order chi connectivity index (χ1) is 14.0. The number of piperidine rings is 1. The second-order valence-electron chi connectivity index (χ2n) is 7.76. The third-order valence-corrected chi connectivity index (χ3v) is 6.11. The molecule has 0 saturated carbocycles. The third-order valence-electron chi connectivity index (χ3n) is 6.11. The van der Waals surface area contributed by atoms with Crippen molar-refractivity contribution in [2.75, 3.05) is 24.5 Å². The summed E-state index contributed by atoms with van der Waals surface area (Å²) in [6, 6.07) is 3.59. The first kappa shape index (κ1) is 19.4. The van der Waals surface area contributed by atoms with Crippen LogP contribution in [0.1, 0.15) is 59.5 Å². The van der Waals surface area contributed by atoms with Gasteiger partial charge in [-0.25, -0.2) is 4.98 Å². The van der Waals surface area contributed by atoms with E-state index in [2.05, 4.69) is 34.1 Å². The zero-order chi connectivity index (χ0) is 20.6. The Labute approximate surface area is 170 Å². The molecule has 8 nitrogen and oxygen atoms in total. The first-order valence-corrected chi connectivity index (χ1v) is 10.4. The summed E-state index contributed by atoms with van der Waals surface area (Å²) in [5, 5.41) is 7.57. The summed E-state index contributed by atoms with van der Waals surface area (Å²) in [6.45, 7) is 8.82. The van der Waals surface area contributed by atoms with Crippen LogP contribution in [0, 0.1) is 6.92 Å². The van der Waals surface area contributed by atoms with E-state index in [-0.39, 0.29) is 11.8 Å². The third kappa shape index (κ3) is 3.16. The highest BCUT2D eigenvalue weighted by molar-refractivity contribution is 6.01. The molecular weight excluding hydrogens is 368 g/mol. The van der Waals surface area contributed by atoms with E-state index in [0.29, 0.717) is 37.1 Å². The van der Waals surface area contributed by atoms with Crippen molar-refractivity contribution in [3.05, 3.63) is 41.3 Å². The molecule has 154 valence electrons. The number of carbonyl (C=O) groups excluding carboxylic acids is 2. The van der Waals surface area contributed by atoms with E-state index < -0.39 is 5.66 Å². The molecule has 0 atom stereocenters. The van der Waals surface area contributed by atoms with Crippen LogP contribution >= 0.6 is 0 Å². The van der Waals surface area contributed by atoms with E-state index in [4.69, 9.17) is 0 Å². The van der Waals surface area contributed by atoms with Crippen molar-refractivity contribution in [3.63, 3.8) is 0 Å². The molecule has 2 aromatic rings. The normalized spacial score (nSPS) is 18.0. The quantitative estimate of drug-likeness (QED) is 0.857. The molecule has 0 aromatic carbocycles. The van der Waals surface area contributed by atoms with Gasteiger partial charge in [0.1, 0.15) is 11.5 Å². The summed E-state index contributed by atoms with van der Waals surface area (Å²) < 4.78 is 1.89. The number of amides is 2. The van der Waals surface area contributed by atoms with Crippen LogP contribution in [0.4, 0.5) is 5.82 Å². The maximum Gasteiger partial charge on any atom is 0.257 e. The Morgan fingerprint density at radius 1 is 1.28 bits per heavy atom. The zero-order valence-corrected chi connectivity index (χ0v) is 17.3. The van der Waals surface area contributed by atoms with Crippen LogP contribution in [-0.4, -0.2) is 56.8 Å². The van der Waals surface area contributed by atoms with Crippen molar-refractivity contribution in [3.8, 4) is 0 Å². The lowest BCUT2D eigenvalue weighted by atomic mass is 9.90. The zero-order valence-electron chi connectivity index (χ0n) is 17.3. The highest BCUT2D eigenvalue weighted by Gasteiger charge is 2.46. The topological polar surface area (TPSA) is 83.4 Å². The fourth-order valence-electron chi connectivity index (χ4n) is 4.53. The van der Waals surface area contributed by atoms with Crippen molar-refractivity contribution >= 4 is 17.6 Å². The smallest absolute Gasteiger partial charge is 0.257 e. The molecule has 1 saturated heterocycles. The predicted octanol–water partition coefficient (Wildman–Crippen LogP) is 2.20. The van der Waals surface area contributed by atoms with Gasteiger partial charge in [0.2, 0.25) is 0 Å². The summed E-state index contributed by atoms with van der Waals surface area (Å²) in [5.41, 5.74) is 1.70. The van der Waals surface area contributed by atoms with Crippen molar-refractivity contribution in [2.45, 2.75) is 52.2 Å². The van der Waals surface area contributed by atoms with E-state index in [1.165, 1.54) is 0 Å². The minimum Gasteiger partial charge on any atom is -0.338 e. The van der Waals surface area contributed by atoms with Gasteiger partial charge in [-0.05, 0) is 32.4 Å². The van der Waals surface area contributed by atoms with Gasteiger partial charge in [0.05, 0.1) is 17.3 Å². The van der Waals surface area contributed by atoms with E-state index in [9.17, 15) is 9.59 Å². The van der Waals surface area contributed by atoms with Gasteiger partial charge in [0.15, 0.2) is 0 Å².